The number of benzene rings is 1. The highest BCUT2D eigenvalue weighted by Crippen LogP contribution is 2.10. The molecule has 3 heteroatoms. The number of aldehydes is 1. The first kappa shape index (κ1) is 11.6. The van der Waals surface area contributed by atoms with E-state index in [1.165, 1.54) is 11.1 Å². The molecular weight excluding hydrogens is 212 g/mol. The van der Waals surface area contributed by atoms with Gasteiger partial charge in [-0.2, -0.15) is 0 Å². The molecule has 0 bridgehead atoms. The smallest absolute Gasteiger partial charge is 0.170 e. The van der Waals surface area contributed by atoms with E-state index in [0.29, 0.717) is 5.69 Å². The molecule has 1 aromatic heterocycles. The van der Waals surface area contributed by atoms with Crippen molar-refractivity contribution in [2.24, 2.45) is 0 Å². The van der Waals surface area contributed by atoms with Gasteiger partial charge in [0.15, 0.2) is 6.29 Å². The van der Waals surface area contributed by atoms with Crippen LogP contribution in [0.4, 0.5) is 0 Å². The van der Waals surface area contributed by atoms with Crippen molar-refractivity contribution in [3.63, 3.8) is 0 Å². The third kappa shape index (κ3) is 2.81. The largest absolute Gasteiger partial charge is 0.345 e. The summed E-state index contributed by atoms with van der Waals surface area (Å²) < 4.78 is 0. The predicted molar refractivity (Wildman–Crippen MR) is 67.3 cm³/mol. The molecule has 1 aromatic carbocycles. The van der Waals surface area contributed by atoms with Crippen LogP contribution in [0.5, 0.6) is 0 Å². The molecule has 0 spiro atoms. The van der Waals surface area contributed by atoms with Gasteiger partial charge in [-0.05, 0) is 32.3 Å². The summed E-state index contributed by atoms with van der Waals surface area (Å²) in [6.07, 6.45) is 2.55. The van der Waals surface area contributed by atoms with Gasteiger partial charge in [0.1, 0.15) is 11.5 Å². The first-order valence-corrected chi connectivity index (χ1v) is 5.75. The minimum Gasteiger partial charge on any atom is -0.345 e. The summed E-state index contributed by atoms with van der Waals surface area (Å²) in [5.41, 5.74) is 4.01. The molecule has 1 N–H and O–H groups in total. The van der Waals surface area contributed by atoms with Crippen molar-refractivity contribution < 1.29 is 4.79 Å². The number of H-pyrrole nitrogens is 1. The van der Waals surface area contributed by atoms with Crippen LogP contribution >= 0.6 is 0 Å². The summed E-state index contributed by atoms with van der Waals surface area (Å²) in [5.74, 6) is 0.797. The van der Waals surface area contributed by atoms with Gasteiger partial charge in [-0.3, -0.25) is 4.79 Å². The Labute approximate surface area is 101 Å². The second-order valence-electron chi connectivity index (χ2n) is 4.29. The fraction of sp³-hybridized carbons (Fsp3) is 0.286. The Morgan fingerprint density at radius 1 is 1.18 bits per heavy atom. The molecule has 2 aromatic rings. The van der Waals surface area contributed by atoms with Gasteiger partial charge in [0, 0.05) is 5.69 Å². The molecule has 0 aliphatic rings. The lowest BCUT2D eigenvalue weighted by Crippen LogP contribution is -1.95. The van der Waals surface area contributed by atoms with E-state index in [2.05, 4.69) is 41.2 Å². The number of carbonyl (C=O) groups is 1. The number of carbonyl (C=O) groups excluding carboxylic acids is 1. The average molecular weight is 228 g/mol. The summed E-state index contributed by atoms with van der Waals surface area (Å²) in [5, 5.41) is 0. The second-order valence-corrected chi connectivity index (χ2v) is 4.29. The minimum absolute atomic E-state index is 0.537. The van der Waals surface area contributed by atoms with Crippen LogP contribution in [0.25, 0.3) is 0 Å². The molecule has 0 saturated carbocycles. The molecule has 2 rings (SSSR count). The second kappa shape index (κ2) is 4.95. The average Bonchev–Trinajstić information content (AvgIpc) is 2.69. The first-order valence-electron chi connectivity index (χ1n) is 5.75. The van der Waals surface area contributed by atoms with Crippen LogP contribution in [0.1, 0.15) is 33.1 Å². The van der Waals surface area contributed by atoms with E-state index < -0.39 is 0 Å². The Hall–Kier alpha value is -1.90. The van der Waals surface area contributed by atoms with Crippen LogP contribution in [-0.2, 0) is 12.8 Å². The normalized spacial score (nSPS) is 10.5. The van der Waals surface area contributed by atoms with E-state index in [1.807, 2.05) is 6.92 Å². The van der Waals surface area contributed by atoms with Crippen LogP contribution < -0.4 is 0 Å². The molecular formula is C14H16N2O. The highest BCUT2D eigenvalue weighted by Gasteiger charge is 2.06. The highest BCUT2D eigenvalue weighted by atomic mass is 16.1. The van der Waals surface area contributed by atoms with E-state index in [1.54, 1.807) is 0 Å². The van der Waals surface area contributed by atoms with Crippen molar-refractivity contribution in [2.75, 3.05) is 0 Å². The van der Waals surface area contributed by atoms with Gasteiger partial charge in [0.25, 0.3) is 0 Å². The topological polar surface area (TPSA) is 45.8 Å². The predicted octanol–water partition coefficient (Wildman–Crippen LogP) is 2.62. The SMILES string of the molecule is Cc1ccc(CCc2[nH]c(C)nc2C=O)cc1. The lowest BCUT2D eigenvalue weighted by Gasteiger charge is -2.01. The summed E-state index contributed by atoms with van der Waals surface area (Å²) in [6, 6.07) is 8.46. The Morgan fingerprint density at radius 3 is 2.53 bits per heavy atom. The number of rotatable bonds is 4. The molecule has 0 atom stereocenters. The van der Waals surface area contributed by atoms with Gasteiger partial charge in [0.05, 0.1) is 0 Å². The van der Waals surface area contributed by atoms with E-state index in [-0.39, 0.29) is 0 Å². The number of hydrogen-bond donors (Lipinski definition) is 1. The Balaban J connectivity index is 2.06. The standard InChI is InChI=1S/C14H16N2O/c1-10-3-5-12(6-4-10)7-8-13-14(9-17)16-11(2)15-13/h3-6,9H,7-8H2,1-2H3,(H,15,16). The maximum atomic E-state index is 10.8. The molecule has 0 aliphatic carbocycles. The molecule has 1 heterocycles. The number of hydrogen-bond acceptors (Lipinski definition) is 2. The number of nitrogens with one attached hydrogen (secondary N) is 1. The number of nitrogens with zero attached hydrogens (tertiary/aromatic N) is 1. The zero-order valence-electron chi connectivity index (χ0n) is 10.2. The molecule has 0 unspecified atom stereocenters. The zero-order valence-corrected chi connectivity index (χ0v) is 10.2. The van der Waals surface area contributed by atoms with E-state index in [0.717, 1.165) is 30.6 Å². The fourth-order valence-corrected chi connectivity index (χ4v) is 1.87. The van der Waals surface area contributed by atoms with Crippen LogP contribution in [-0.4, -0.2) is 16.3 Å². The summed E-state index contributed by atoms with van der Waals surface area (Å²) in [6.45, 7) is 3.94. The summed E-state index contributed by atoms with van der Waals surface area (Å²) in [4.78, 5) is 18.1. The van der Waals surface area contributed by atoms with Crippen molar-refractivity contribution >= 4 is 6.29 Å². The first-order chi connectivity index (χ1) is 8.19. The van der Waals surface area contributed by atoms with Gasteiger partial charge in [-0.25, -0.2) is 4.98 Å². The van der Waals surface area contributed by atoms with Crippen LogP contribution in [0.3, 0.4) is 0 Å². The maximum Gasteiger partial charge on any atom is 0.170 e. The maximum absolute atomic E-state index is 10.8. The molecule has 0 saturated heterocycles. The van der Waals surface area contributed by atoms with E-state index >= 15 is 0 Å². The fourth-order valence-electron chi connectivity index (χ4n) is 1.87. The van der Waals surface area contributed by atoms with Crippen molar-refractivity contribution in [2.45, 2.75) is 26.7 Å². The van der Waals surface area contributed by atoms with E-state index in [9.17, 15) is 4.79 Å². The van der Waals surface area contributed by atoms with E-state index in [4.69, 9.17) is 0 Å². The minimum atomic E-state index is 0.537. The lowest BCUT2D eigenvalue weighted by atomic mass is 10.1. The van der Waals surface area contributed by atoms with Crippen molar-refractivity contribution in [3.05, 3.63) is 52.6 Å². The lowest BCUT2D eigenvalue weighted by molar-refractivity contribution is 0.111. The van der Waals surface area contributed by atoms with Crippen LogP contribution in [0.15, 0.2) is 24.3 Å². The Morgan fingerprint density at radius 2 is 1.88 bits per heavy atom. The van der Waals surface area contributed by atoms with Gasteiger partial charge < -0.3 is 4.98 Å². The van der Waals surface area contributed by atoms with Crippen molar-refractivity contribution in [3.8, 4) is 0 Å². The molecule has 0 amide bonds. The van der Waals surface area contributed by atoms with Crippen molar-refractivity contribution in [1.29, 1.82) is 0 Å². The Bertz CT molecular complexity index is 512. The zero-order chi connectivity index (χ0) is 12.3. The van der Waals surface area contributed by atoms with Crippen molar-refractivity contribution in [1.82, 2.24) is 9.97 Å². The molecule has 88 valence electrons. The van der Waals surface area contributed by atoms with Crippen LogP contribution in [0.2, 0.25) is 0 Å². The molecule has 0 aliphatic heterocycles. The summed E-state index contributed by atoms with van der Waals surface area (Å²) >= 11 is 0. The summed E-state index contributed by atoms with van der Waals surface area (Å²) in [7, 11) is 0. The third-order valence-electron chi connectivity index (χ3n) is 2.83. The highest BCUT2D eigenvalue weighted by molar-refractivity contribution is 5.73. The van der Waals surface area contributed by atoms with Gasteiger partial charge in [-0.1, -0.05) is 29.8 Å². The number of aromatic amines is 1. The number of imidazole rings is 1. The van der Waals surface area contributed by atoms with Gasteiger partial charge >= 0.3 is 0 Å². The Kier molecular flexibility index (Phi) is 3.38. The quantitative estimate of drug-likeness (QED) is 0.818. The molecule has 3 nitrogen and oxygen atoms in total. The number of aryl methyl sites for hydroxylation is 4. The molecule has 0 radical (unpaired) electrons. The van der Waals surface area contributed by atoms with Gasteiger partial charge in [-0.15, -0.1) is 0 Å². The molecule has 17 heavy (non-hydrogen) atoms. The number of aromatic nitrogens is 2. The van der Waals surface area contributed by atoms with Crippen LogP contribution in [0, 0.1) is 13.8 Å². The monoisotopic (exact) mass is 228 g/mol. The third-order valence-corrected chi connectivity index (χ3v) is 2.83. The van der Waals surface area contributed by atoms with Gasteiger partial charge in [0.2, 0.25) is 0 Å². The molecule has 0 fully saturated rings.